The lowest BCUT2D eigenvalue weighted by molar-refractivity contribution is -0.137. The number of rotatable bonds is 6. The standard InChI is InChI=1S/C23H21N3O3/c1-15(2)16-7-9-19(10-8-16)25-23(29)17(12-24)11-18-13-26(14-22(27)28)21-6-4-3-5-20(18)21/h3-11,13,15H,14H2,1-2H3,(H,25,29)(H,27,28). The number of aliphatic carboxylic acids is 1. The zero-order valence-electron chi connectivity index (χ0n) is 16.2. The minimum absolute atomic E-state index is 0.0591. The molecule has 0 aliphatic carbocycles. The first-order valence-corrected chi connectivity index (χ1v) is 9.22. The van der Waals surface area contributed by atoms with E-state index in [2.05, 4.69) is 19.2 Å². The third-order valence-electron chi connectivity index (χ3n) is 4.63. The third kappa shape index (κ3) is 4.53. The van der Waals surface area contributed by atoms with Gasteiger partial charge >= 0.3 is 5.97 Å². The lowest BCUT2D eigenvalue weighted by Crippen LogP contribution is -2.13. The van der Waals surface area contributed by atoms with Gasteiger partial charge in [0.25, 0.3) is 5.91 Å². The highest BCUT2D eigenvalue weighted by molar-refractivity contribution is 6.10. The Morgan fingerprint density at radius 3 is 2.48 bits per heavy atom. The van der Waals surface area contributed by atoms with Gasteiger partial charge in [-0.1, -0.05) is 44.2 Å². The summed E-state index contributed by atoms with van der Waals surface area (Å²) in [5.41, 5.74) is 3.04. The molecule has 0 saturated carbocycles. The van der Waals surface area contributed by atoms with Gasteiger partial charge in [-0.15, -0.1) is 0 Å². The summed E-state index contributed by atoms with van der Waals surface area (Å²) in [7, 11) is 0. The van der Waals surface area contributed by atoms with Gasteiger partial charge in [0.2, 0.25) is 0 Å². The summed E-state index contributed by atoms with van der Waals surface area (Å²) in [5, 5.41) is 22.1. The van der Waals surface area contributed by atoms with Crippen molar-refractivity contribution in [1.29, 1.82) is 5.26 Å². The molecule has 1 amide bonds. The summed E-state index contributed by atoms with van der Waals surface area (Å²) in [5.74, 6) is -1.10. The summed E-state index contributed by atoms with van der Waals surface area (Å²) in [6, 6.07) is 16.7. The molecule has 0 saturated heterocycles. The van der Waals surface area contributed by atoms with E-state index >= 15 is 0 Å². The van der Waals surface area contributed by atoms with Crippen LogP contribution in [0.15, 0.2) is 60.3 Å². The number of fused-ring (bicyclic) bond motifs is 1. The van der Waals surface area contributed by atoms with Crippen molar-refractivity contribution in [2.45, 2.75) is 26.3 Å². The highest BCUT2D eigenvalue weighted by atomic mass is 16.4. The summed E-state index contributed by atoms with van der Waals surface area (Å²) in [4.78, 5) is 23.7. The van der Waals surface area contributed by atoms with Crippen LogP contribution in [0.4, 0.5) is 5.69 Å². The van der Waals surface area contributed by atoms with Gasteiger partial charge in [-0.2, -0.15) is 5.26 Å². The van der Waals surface area contributed by atoms with Crippen LogP contribution in [0, 0.1) is 11.3 Å². The molecule has 1 aromatic heterocycles. The van der Waals surface area contributed by atoms with Crippen LogP contribution in [-0.2, 0) is 16.1 Å². The smallest absolute Gasteiger partial charge is 0.323 e. The molecule has 0 bridgehead atoms. The minimum atomic E-state index is -0.968. The summed E-state index contributed by atoms with van der Waals surface area (Å²) < 4.78 is 1.58. The number of aromatic nitrogens is 1. The molecule has 29 heavy (non-hydrogen) atoms. The van der Waals surface area contributed by atoms with Gasteiger partial charge in [0.1, 0.15) is 18.2 Å². The Kier molecular flexibility index (Phi) is 5.79. The number of carbonyl (C=O) groups excluding carboxylic acids is 1. The number of hydrogen-bond donors (Lipinski definition) is 2. The largest absolute Gasteiger partial charge is 0.480 e. The number of nitrogens with zero attached hydrogens (tertiary/aromatic N) is 2. The molecule has 3 rings (SSSR count). The third-order valence-corrected chi connectivity index (χ3v) is 4.63. The van der Waals surface area contributed by atoms with Gasteiger partial charge < -0.3 is 15.0 Å². The molecule has 6 nitrogen and oxygen atoms in total. The van der Waals surface area contributed by atoms with Gasteiger partial charge in [-0.3, -0.25) is 9.59 Å². The van der Waals surface area contributed by atoms with Crippen molar-refractivity contribution in [3.05, 3.63) is 71.4 Å². The van der Waals surface area contributed by atoms with Crippen molar-refractivity contribution in [1.82, 2.24) is 4.57 Å². The van der Waals surface area contributed by atoms with Crippen molar-refractivity contribution in [3.63, 3.8) is 0 Å². The van der Waals surface area contributed by atoms with Gasteiger partial charge in [0.15, 0.2) is 0 Å². The normalized spacial score (nSPS) is 11.4. The van der Waals surface area contributed by atoms with E-state index in [-0.39, 0.29) is 12.1 Å². The van der Waals surface area contributed by atoms with Crippen LogP contribution in [0.2, 0.25) is 0 Å². The summed E-state index contributed by atoms with van der Waals surface area (Å²) in [6.07, 6.45) is 3.12. The molecule has 3 aromatic rings. The van der Waals surface area contributed by atoms with Crippen LogP contribution < -0.4 is 5.32 Å². The van der Waals surface area contributed by atoms with Crippen LogP contribution in [0.3, 0.4) is 0 Å². The Labute approximate surface area is 168 Å². The van der Waals surface area contributed by atoms with Crippen LogP contribution in [-0.4, -0.2) is 21.6 Å². The zero-order valence-corrected chi connectivity index (χ0v) is 16.2. The second kappa shape index (κ2) is 8.44. The SMILES string of the molecule is CC(C)c1ccc(NC(=O)C(C#N)=Cc2cn(CC(=O)O)c3ccccc23)cc1. The molecule has 0 atom stereocenters. The Bertz CT molecular complexity index is 1130. The molecule has 6 heteroatoms. The average Bonchev–Trinajstić information content (AvgIpc) is 3.03. The maximum absolute atomic E-state index is 12.6. The predicted molar refractivity (Wildman–Crippen MR) is 112 cm³/mol. The van der Waals surface area contributed by atoms with E-state index < -0.39 is 11.9 Å². The number of para-hydroxylation sites is 1. The molecule has 0 aliphatic rings. The van der Waals surface area contributed by atoms with E-state index in [9.17, 15) is 14.9 Å². The fraction of sp³-hybridized carbons (Fsp3) is 0.174. The van der Waals surface area contributed by atoms with Gasteiger partial charge in [-0.25, -0.2) is 0 Å². The Hall–Kier alpha value is -3.85. The number of carbonyl (C=O) groups is 2. The van der Waals surface area contributed by atoms with Gasteiger partial charge in [-0.05, 0) is 35.8 Å². The first-order valence-electron chi connectivity index (χ1n) is 9.22. The van der Waals surface area contributed by atoms with Crippen LogP contribution in [0.1, 0.15) is 30.9 Å². The quantitative estimate of drug-likeness (QED) is 0.484. The number of anilines is 1. The van der Waals surface area contributed by atoms with Gasteiger partial charge in [0, 0.05) is 28.4 Å². The molecule has 0 spiro atoms. The van der Waals surface area contributed by atoms with E-state index in [0.717, 1.165) is 16.5 Å². The molecule has 0 aliphatic heterocycles. The van der Waals surface area contributed by atoms with Crippen LogP contribution in [0.25, 0.3) is 17.0 Å². The Balaban J connectivity index is 1.90. The maximum Gasteiger partial charge on any atom is 0.323 e. The lowest BCUT2D eigenvalue weighted by Gasteiger charge is -2.08. The molecule has 146 valence electrons. The summed E-state index contributed by atoms with van der Waals surface area (Å²) >= 11 is 0. The molecule has 2 N–H and O–H groups in total. The molecule has 0 fully saturated rings. The zero-order chi connectivity index (χ0) is 21.0. The van der Waals surface area contributed by atoms with E-state index in [0.29, 0.717) is 17.2 Å². The maximum atomic E-state index is 12.6. The topological polar surface area (TPSA) is 95.1 Å². The first kappa shape index (κ1) is 19.9. The number of carboxylic acid groups (broad SMARTS) is 1. The molecular weight excluding hydrogens is 366 g/mol. The monoisotopic (exact) mass is 387 g/mol. The number of amides is 1. The predicted octanol–water partition coefficient (Wildman–Crippen LogP) is 4.39. The number of hydrogen-bond acceptors (Lipinski definition) is 3. The fourth-order valence-corrected chi connectivity index (χ4v) is 3.12. The van der Waals surface area contributed by atoms with Gasteiger partial charge in [0.05, 0.1) is 0 Å². The number of nitrogens with one attached hydrogen (secondary N) is 1. The Morgan fingerprint density at radius 1 is 1.17 bits per heavy atom. The molecule has 0 unspecified atom stereocenters. The number of nitriles is 1. The summed E-state index contributed by atoms with van der Waals surface area (Å²) in [6.45, 7) is 3.97. The molecule has 0 radical (unpaired) electrons. The van der Waals surface area contributed by atoms with Crippen molar-refractivity contribution < 1.29 is 14.7 Å². The second-order valence-electron chi connectivity index (χ2n) is 7.02. The first-order chi connectivity index (χ1) is 13.9. The van der Waals surface area contributed by atoms with Crippen LogP contribution >= 0.6 is 0 Å². The highest BCUT2D eigenvalue weighted by Crippen LogP contribution is 2.24. The van der Waals surface area contributed by atoms with Crippen molar-refractivity contribution >= 4 is 34.5 Å². The minimum Gasteiger partial charge on any atom is -0.480 e. The molecule has 2 aromatic carbocycles. The Morgan fingerprint density at radius 2 is 1.86 bits per heavy atom. The number of carboxylic acids is 1. The molecule has 1 heterocycles. The number of benzene rings is 2. The van der Waals surface area contributed by atoms with E-state index in [4.69, 9.17) is 5.11 Å². The fourth-order valence-electron chi connectivity index (χ4n) is 3.12. The van der Waals surface area contributed by atoms with Crippen molar-refractivity contribution in [2.75, 3.05) is 5.32 Å². The van der Waals surface area contributed by atoms with Crippen molar-refractivity contribution in [2.24, 2.45) is 0 Å². The van der Waals surface area contributed by atoms with E-state index in [1.165, 1.54) is 6.08 Å². The average molecular weight is 387 g/mol. The van der Waals surface area contributed by atoms with Crippen molar-refractivity contribution in [3.8, 4) is 6.07 Å². The highest BCUT2D eigenvalue weighted by Gasteiger charge is 2.14. The van der Waals surface area contributed by atoms with E-state index in [1.807, 2.05) is 36.4 Å². The lowest BCUT2D eigenvalue weighted by atomic mass is 10.0. The molecular formula is C23H21N3O3. The van der Waals surface area contributed by atoms with E-state index in [1.54, 1.807) is 29.0 Å². The van der Waals surface area contributed by atoms with Crippen LogP contribution in [0.5, 0.6) is 0 Å². The second-order valence-corrected chi connectivity index (χ2v) is 7.02.